The molecule has 0 radical (unpaired) electrons. The van der Waals surface area contributed by atoms with E-state index in [0.717, 1.165) is 23.2 Å². The summed E-state index contributed by atoms with van der Waals surface area (Å²) >= 11 is 16.0. The van der Waals surface area contributed by atoms with Gasteiger partial charge < -0.3 is 10.1 Å². The van der Waals surface area contributed by atoms with Gasteiger partial charge in [0.1, 0.15) is 0 Å². The molecule has 0 bridgehead atoms. The Morgan fingerprint density at radius 2 is 1.95 bits per heavy atom. The van der Waals surface area contributed by atoms with Crippen molar-refractivity contribution in [3.05, 3.63) is 26.7 Å². The standard InChI is InChI=1S/C15H18BrCl2NO/c1-15(2)13(9-4-3-5-20-14(9)15)19-12-10(17)6-8(16)7-11(12)18/h6-7,9,13-14,19H,3-5H2,1-2H3. The molecular formula is C15H18BrCl2NO. The fraction of sp³-hybridized carbons (Fsp3) is 0.600. The Bertz CT molecular complexity index is 512. The first-order valence-corrected chi connectivity index (χ1v) is 8.49. The van der Waals surface area contributed by atoms with E-state index in [1.54, 1.807) is 0 Å². The molecule has 0 aromatic heterocycles. The molecule has 0 amide bonds. The summed E-state index contributed by atoms with van der Waals surface area (Å²) in [6.45, 7) is 5.38. The summed E-state index contributed by atoms with van der Waals surface area (Å²) in [5.74, 6) is 0.550. The van der Waals surface area contributed by atoms with Crippen LogP contribution in [0, 0.1) is 11.3 Å². The van der Waals surface area contributed by atoms with E-state index in [4.69, 9.17) is 27.9 Å². The van der Waals surface area contributed by atoms with Crippen LogP contribution in [0.2, 0.25) is 10.0 Å². The maximum atomic E-state index is 6.32. The first kappa shape index (κ1) is 15.0. The Morgan fingerprint density at radius 1 is 1.30 bits per heavy atom. The van der Waals surface area contributed by atoms with Crippen molar-refractivity contribution in [3.63, 3.8) is 0 Å². The molecule has 1 saturated carbocycles. The molecule has 1 aliphatic heterocycles. The maximum absolute atomic E-state index is 6.32. The monoisotopic (exact) mass is 377 g/mol. The number of nitrogens with one attached hydrogen (secondary N) is 1. The molecule has 3 atom stereocenters. The minimum atomic E-state index is 0.102. The number of hydrogen-bond acceptors (Lipinski definition) is 2. The molecule has 110 valence electrons. The van der Waals surface area contributed by atoms with Crippen molar-refractivity contribution in [2.45, 2.75) is 38.8 Å². The molecule has 1 aliphatic carbocycles. The lowest BCUT2D eigenvalue weighted by atomic mass is 9.55. The summed E-state index contributed by atoms with van der Waals surface area (Å²) < 4.78 is 6.82. The van der Waals surface area contributed by atoms with Crippen LogP contribution >= 0.6 is 39.1 Å². The van der Waals surface area contributed by atoms with Crippen molar-refractivity contribution in [1.29, 1.82) is 0 Å². The Balaban J connectivity index is 1.85. The summed E-state index contributed by atoms with van der Waals surface area (Å²) in [5, 5.41) is 4.87. The molecular weight excluding hydrogens is 361 g/mol. The third kappa shape index (κ3) is 2.37. The van der Waals surface area contributed by atoms with Crippen molar-refractivity contribution < 1.29 is 4.74 Å². The van der Waals surface area contributed by atoms with Crippen LogP contribution in [0.1, 0.15) is 26.7 Å². The van der Waals surface area contributed by atoms with Crippen LogP contribution in [0.15, 0.2) is 16.6 Å². The average molecular weight is 379 g/mol. The van der Waals surface area contributed by atoms with Gasteiger partial charge in [-0.2, -0.15) is 0 Å². The van der Waals surface area contributed by atoms with Gasteiger partial charge in [0.15, 0.2) is 0 Å². The molecule has 1 aromatic rings. The highest BCUT2D eigenvalue weighted by Gasteiger charge is 2.58. The second kappa shape index (κ2) is 5.35. The maximum Gasteiger partial charge on any atom is 0.0722 e. The van der Waals surface area contributed by atoms with Crippen LogP contribution in [-0.4, -0.2) is 18.8 Å². The normalized spacial score (nSPS) is 31.4. The van der Waals surface area contributed by atoms with Crippen molar-refractivity contribution in [2.24, 2.45) is 11.3 Å². The van der Waals surface area contributed by atoms with Crippen molar-refractivity contribution in [2.75, 3.05) is 11.9 Å². The predicted molar refractivity (Wildman–Crippen MR) is 87.8 cm³/mol. The molecule has 2 fully saturated rings. The number of anilines is 1. The van der Waals surface area contributed by atoms with E-state index in [1.165, 1.54) is 6.42 Å². The fourth-order valence-corrected chi connectivity index (χ4v) is 4.97. The second-order valence-corrected chi connectivity index (χ2v) is 8.02. The molecule has 1 N–H and O–H groups in total. The third-order valence-corrected chi connectivity index (χ3v) is 5.69. The van der Waals surface area contributed by atoms with E-state index in [2.05, 4.69) is 35.1 Å². The van der Waals surface area contributed by atoms with Crippen LogP contribution in [0.3, 0.4) is 0 Å². The predicted octanol–water partition coefficient (Wildman–Crippen LogP) is 5.37. The highest BCUT2D eigenvalue weighted by Crippen LogP contribution is 2.53. The highest BCUT2D eigenvalue weighted by atomic mass is 79.9. The minimum absolute atomic E-state index is 0.102. The summed E-state index contributed by atoms with van der Waals surface area (Å²) in [4.78, 5) is 0. The van der Waals surface area contributed by atoms with E-state index in [9.17, 15) is 0 Å². The topological polar surface area (TPSA) is 21.3 Å². The van der Waals surface area contributed by atoms with Crippen LogP contribution in [-0.2, 0) is 4.74 Å². The minimum Gasteiger partial charge on any atom is -0.379 e. The summed E-state index contributed by atoms with van der Waals surface area (Å²) in [6.07, 6.45) is 2.69. The Hall–Kier alpha value is 0.0400. The molecule has 2 nitrogen and oxygen atoms in total. The first-order chi connectivity index (χ1) is 9.41. The zero-order valence-electron chi connectivity index (χ0n) is 11.6. The van der Waals surface area contributed by atoms with E-state index in [0.29, 0.717) is 28.1 Å². The van der Waals surface area contributed by atoms with Gasteiger partial charge >= 0.3 is 0 Å². The average Bonchev–Trinajstić information content (AvgIpc) is 2.37. The number of benzene rings is 1. The molecule has 3 unspecified atom stereocenters. The second-order valence-electron chi connectivity index (χ2n) is 6.29. The zero-order valence-corrected chi connectivity index (χ0v) is 14.6. The number of ether oxygens (including phenoxy) is 1. The fourth-order valence-electron chi connectivity index (χ4n) is 3.65. The van der Waals surface area contributed by atoms with Crippen LogP contribution < -0.4 is 5.32 Å². The third-order valence-electron chi connectivity index (χ3n) is 4.64. The number of fused-ring (bicyclic) bond motifs is 1. The van der Waals surface area contributed by atoms with Crippen LogP contribution in [0.5, 0.6) is 0 Å². The molecule has 1 heterocycles. The molecule has 1 saturated heterocycles. The lowest BCUT2D eigenvalue weighted by Gasteiger charge is -2.60. The molecule has 1 aromatic carbocycles. The van der Waals surface area contributed by atoms with Crippen LogP contribution in [0.25, 0.3) is 0 Å². The highest BCUT2D eigenvalue weighted by molar-refractivity contribution is 9.10. The van der Waals surface area contributed by atoms with E-state index < -0.39 is 0 Å². The van der Waals surface area contributed by atoms with Crippen molar-refractivity contribution in [1.82, 2.24) is 0 Å². The van der Waals surface area contributed by atoms with Gasteiger partial charge in [0.2, 0.25) is 0 Å². The van der Waals surface area contributed by atoms with Gasteiger partial charge in [-0.3, -0.25) is 0 Å². The Kier molecular flexibility index (Phi) is 4.00. The molecule has 2 aliphatic rings. The SMILES string of the molecule is CC1(C)C(Nc2c(Cl)cc(Br)cc2Cl)C2CCCOC21. The number of rotatable bonds is 2. The van der Waals surface area contributed by atoms with Gasteiger partial charge in [0, 0.05) is 28.5 Å². The molecule has 20 heavy (non-hydrogen) atoms. The Morgan fingerprint density at radius 3 is 2.60 bits per heavy atom. The quantitative estimate of drug-likeness (QED) is 0.746. The Labute approximate surface area is 138 Å². The lowest BCUT2D eigenvalue weighted by Crippen LogP contribution is -2.67. The van der Waals surface area contributed by atoms with Gasteiger partial charge in [0.05, 0.1) is 21.8 Å². The van der Waals surface area contributed by atoms with Gasteiger partial charge in [-0.15, -0.1) is 0 Å². The number of hydrogen-bond donors (Lipinski definition) is 1. The van der Waals surface area contributed by atoms with Gasteiger partial charge in [-0.1, -0.05) is 53.0 Å². The summed E-state index contributed by atoms with van der Waals surface area (Å²) in [7, 11) is 0. The smallest absolute Gasteiger partial charge is 0.0722 e. The largest absolute Gasteiger partial charge is 0.379 e. The van der Waals surface area contributed by atoms with Gasteiger partial charge in [-0.25, -0.2) is 0 Å². The zero-order chi connectivity index (χ0) is 14.5. The summed E-state index contributed by atoms with van der Waals surface area (Å²) in [5.41, 5.74) is 0.934. The van der Waals surface area contributed by atoms with Crippen molar-refractivity contribution >= 4 is 44.8 Å². The molecule has 3 rings (SSSR count). The number of halogens is 3. The van der Waals surface area contributed by atoms with Gasteiger partial charge in [-0.05, 0) is 25.0 Å². The first-order valence-electron chi connectivity index (χ1n) is 6.94. The van der Waals surface area contributed by atoms with Gasteiger partial charge in [0.25, 0.3) is 0 Å². The molecule has 5 heteroatoms. The van der Waals surface area contributed by atoms with E-state index >= 15 is 0 Å². The van der Waals surface area contributed by atoms with E-state index in [-0.39, 0.29) is 5.41 Å². The van der Waals surface area contributed by atoms with Crippen LogP contribution in [0.4, 0.5) is 5.69 Å². The van der Waals surface area contributed by atoms with E-state index in [1.807, 2.05) is 12.1 Å². The lowest BCUT2D eigenvalue weighted by molar-refractivity contribution is -0.177. The molecule has 0 spiro atoms. The summed E-state index contributed by atoms with van der Waals surface area (Å²) in [6, 6.07) is 4.09. The van der Waals surface area contributed by atoms with Crippen molar-refractivity contribution in [3.8, 4) is 0 Å².